The molecule has 0 spiro atoms. The third kappa shape index (κ3) is 4.45. The lowest BCUT2D eigenvalue weighted by Gasteiger charge is -2.06. The number of amides is 1. The van der Waals surface area contributed by atoms with Crippen LogP contribution < -0.4 is 14.8 Å². The van der Waals surface area contributed by atoms with E-state index in [2.05, 4.69) is 10.3 Å². The Morgan fingerprint density at radius 3 is 2.88 bits per heavy atom. The van der Waals surface area contributed by atoms with Gasteiger partial charge in [0.2, 0.25) is 5.91 Å². The Bertz CT molecular complexity index is 882. The molecule has 25 heavy (non-hydrogen) atoms. The second-order valence-electron chi connectivity index (χ2n) is 5.16. The Balaban J connectivity index is 1.55. The van der Waals surface area contributed by atoms with Crippen LogP contribution in [0.25, 0.3) is 10.2 Å². The molecule has 1 aromatic heterocycles. The number of nitrogens with zero attached hydrogens (tertiary/aromatic N) is 1. The van der Waals surface area contributed by atoms with Gasteiger partial charge in [-0.3, -0.25) is 4.79 Å². The van der Waals surface area contributed by atoms with Gasteiger partial charge in [0.15, 0.2) is 16.7 Å². The van der Waals surface area contributed by atoms with E-state index in [-0.39, 0.29) is 24.7 Å². The third-order valence-corrected chi connectivity index (χ3v) is 4.27. The maximum absolute atomic E-state index is 13.4. The Hall–Kier alpha value is -2.67. The number of fused-ring (bicyclic) bond motifs is 1. The Morgan fingerprint density at radius 1 is 1.24 bits per heavy atom. The molecule has 0 aliphatic carbocycles. The summed E-state index contributed by atoms with van der Waals surface area (Å²) in [6.45, 7) is 2.61. The number of ether oxygens (including phenoxy) is 2. The molecular weight excluding hydrogens is 343 g/mol. The average molecular weight is 360 g/mol. The van der Waals surface area contributed by atoms with Gasteiger partial charge in [-0.25, -0.2) is 9.37 Å². The van der Waals surface area contributed by atoms with Crippen molar-refractivity contribution in [3.8, 4) is 11.5 Å². The highest BCUT2D eigenvalue weighted by Gasteiger charge is 2.10. The van der Waals surface area contributed by atoms with E-state index in [0.717, 1.165) is 16.0 Å². The fourth-order valence-electron chi connectivity index (χ4n) is 2.21. The first kappa shape index (κ1) is 17.2. The molecule has 0 fully saturated rings. The highest BCUT2D eigenvalue weighted by molar-refractivity contribution is 7.22. The molecule has 0 aliphatic rings. The average Bonchev–Trinajstić information content (AvgIpc) is 2.98. The molecule has 5 nitrogen and oxygen atoms in total. The number of anilines is 1. The van der Waals surface area contributed by atoms with E-state index in [1.165, 1.54) is 23.5 Å². The molecule has 0 bridgehead atoms. The molecule has 0 aliphatic heterocycles. The first-order valence-corrected chi connectivity index (χ1v) is 8.68. The summed E-state index contributed by atoms with van der Waals surface area (Å²) in [7, 11) is 0. The number of halogens is 1. The second-order valence-corrected chi connectivity index (χ2v) is 6.19. The number of thiazole rings is 1. The molecule has 0 saturated heterocycles. The summed E-state index contributed by atoms with van der Waals surface area (Å²) < 4.78 is 25.1. The van der Waals surface area contributed by atoms with Crippen molar-refractivity contribution < 1.29 is 18.7 Å². The molecule has 1 N–H and O–H groups in total. The van der Waals surface area contributed by atoms with E-state index in [4.69, 9.17) is 9.47 Å². The van der Waals surface area contributed by atoms with Crippen molar-refractivity contribution in [2.75, 3.05) is 18.5 Å². The highest BCUT2D eigenvalue weighted by atomic mass is 32.1. The first-order chi connectivity index (χ1) is 12.2. The van der Waals surface area contributed by atoms with E-state index in [0.29, 0.717) is 11.7 Å². The molecule has 1 heterocycles. The van der Waals surface area contributed by atoms with Crippen LogP contribution in [0.3, 0.4) is 0 Å². The van der Waals surface area contributed by atoms with Crippen molar-refractivity contribution in [3.63, 3.8) is 0 Å². The zero-order valence-electron chi connectivity index (χ0n) is 13.6. The molecule has 0 saturated carbocycles. The standard InChI is InChI=1S/C18H17FN2O3S/c1-2-23-12-7-8-14-16(11-12)25-18(20-14)21-17(22)9-10-24-15-6-4-3-5-13(15)19/h3-8,11H,2,9-10H2,1H3,(H,20,21,22). The SMILES string of the molecule is CCOc1ccc2nc(NC(=O)CCOc3ccccc3F)sc2c1. The number of para-hydroxylation sites is 1. The van der Waals surface area contributed by atoms with Crippen LogP contribution in [0.2, 0.25) is 0 Å². The van der Waals surface area contributed by atoms with Crippen LogP contribution in [0.5, 0.6) is 11.5 Å². The fourth-order valence-corrected chi connectivity index (χ4v) is 3.12. The van der Waals surface area contributed by atoms with Crippen LogP contribution in [0, 0.1) is 5.82 Å². The second kappa shape index (κ2) is 7.94. The quantitative estimate of drug-likeness (QED) is 0.684. The number of carbonyl (C=O) groups excluding carboxylic acids is 1. The molecule has 130 valence electrons. The molecule has 3 rings (SSSR count). The van der Waals surface area contributed by atoms with Crippen molar-refractivity contribution in [1.29, 1.82) is 0 Å². The zero-order valence-corrected chi connectivity index (χ0v) is 14.4. The predicted octanol–water partition coefficient (Wildman–Crippen LogP) is 4.24. The first-order valence-electron chi connectivity index (χ1n) is 7.86. The van der Waals surface area contributed by atoms with Gasteiger partial charge in [-0.1, -0.05) is 23.5 Å². The van der Waals surface area contributed by atoms with Crippen LogP contribution in [0.4, 0.5) is 9.52 Å². The number of nitrogens with one attached hydrogen (secondary N) is 1. The molecule has 3 aromatic rings. The van der Waals surface area contributed by atoms with Crippen LogP contribution in [-0.2, 0) is 4.79 Å². The Kier molecular flexibility index (Phi) is 5.45. The molecule has 1 amide bonds. The Morgan fingerprint density at radius 2 is 2.08 bits per heavy atom. The summed E-state index contributed by atoms with van der Waals surface area (Å²) in [6.07, 6.45) is 0.106. The van der Waals surface area contributed by atoms with Crippen molar-refractivity contribution in [3.05, 3.63) is 48.3 Å². The highest BCUT2D eigenvalue weighted by Crippen LogP contribution is 2.29. The van der Waals surface area contributed by atoms with Crippen LogP contribution >= 0.6 is 11.3 Å². The van der Waals surface area contributed by atoms with Crippen molar-refractivity contribution in [1.82, 2.24) is 4.98 Å². The summed E-state index contributed by atoms with van der Waals surface area (Å²) >= 11 is 1.37. The fraction of sp³-hybridized carbons (Fsp3) is 0.222. The lowest BCUT2D eigenvalue weighted by atomic mass is 10.3. The summed E-state index contributed by atoms with van der Waals surface area (Å²) in [4.78, 5) is 16.4. The van der Waals surface area contributed by atoms with E-state index in [1.54, 1.807) is 12.1 Å². The van der Waals surface area contributed by atoms with Crippen molar-refractivity contribution in [2.45, 2.75) is 13.3 Å². The van der Waals surface area contributed by atoms with Crippen LogP contribution in [0.15, 0.2) is 42.5 Å². The Labute approximate surface area is 148 Å². The third-order valence-electron chi connectivity index (χ3n) is 3.34. The summed E-state index contributed by atoms with van der Waals surface area (Å²) in [6, 6.07) is 11.7. The number of hydrogen-bond donors (Lipinski definition) is 1. The minimum Gasteiger partial charge on any atom is -0.494 e. The van der Waals surface area contributed by atoms with Gasteiger partial charge < -0.3 is 14.8 Å². The lowest BCUT2D eigenvalue weighted by Crippen LogP contribution is -2.15. The minimum atomic E-state index is -0.445. The summed E-state index contributed by atoms with van der Waals surface area (Å²) in [5.74, 6) is 0.230. The number of hydrogen-bond acceptors (Lipinski definition) is 5. The van der Waals surface area contributed by atoms with Gasteiger partial charge in [-0.05, 0) is 37.3 Å². The van der Waals surface area contributed by atoms with E-state index >= 15 is 0 Å². The lowest BCUT2D eigenvalue weighted by molar-refractivity contribution is -0.116. The summed E-state index contributed by atoms with van der Waals surface area (Å²) in [5, 5.41) is 3.25. The topological polar surface area (TPSA) is 60.5 Å². The van der Waals surface area contributed by atoms with Crippen molar-refractivity contribution in [2.24, 2.45) is 0 Å². The van der Waals surface area contributed by atoms with E-state index in [9.17, 15) is 9.18 Å². The molecule has 7 heteroatoms. The molecule has 2 aromatic carbocycles. The van der Waals surface area contributed by atoms with E-state index < -0.39 is 5.82 Å². The monoisotopic (exact) mass is 360 g/mol. The summed E-state index contributed by atoms with van der Waals surface area (Å²) in [5.41, 5.74) is 0.798. The van der Waals surface area contributed by atoms with Gasteiger partial charge >= 0.3 is 0 Å². The normalized spacial score (nSPS) is 10.6. The van der Waals surface area contributed by atoms with E-state index in [1.807, 2.05) is 25.1 Å². The van der Waals surface area contributed by atoms with Gasteiger partial charge in [0.05, 0.1) is 29.9 Å². The smallest absolute Gasteiger partial charge is 0.229 e. The molecule has 0 unspecified atom stereocenters. The van der Waals surface area contributed by atoms with Crippen LogP contribution in [-0.4, -0.2) is 24.1 Å². The van der Waals surface area contributed by atoms with Gasteiger partial charge in [0.1, 0.15) is 5.75 Å². The van der Waals surface area contributed by atoms with Gasteiger partial charge in [0, 0.05) is 0 Å². The maximum Gasteiger partial charge on any atom is 0.229 e. The zero-order chi connectivity index (χ0) is 17.6. The largest absolute Gasteiger partial charge is 0.494 e. The van der Waals surface area contributed by atoms with Gasteiger partial charge in [-0.2, -0.15) is 0 Å². The number of carbonyl (C=O) groups is 1. The molecule has 0 atom stereocenters. The predicted molar refractivity (Wildman–Crippen MR) is 95.9 cm³/mol. The molecule has 0 radical (unpaired) electrons. The van der Waals surface area contributed by atoms with Crippen molar-refractivity contribution >= 4 is 32.6 Å². The molecular formula is C18H17FN2O3S. The van der Waals surface area contributed by atoms with Gasteiger partial charge in [-0.15, -0.1) is 0 Å². The number of benzene rings is 2. The maximum atomic E-state index is 13.4. The van der Waals surface area contributed by atoms with Crippen LogP contribution in [0.1, 0.15) is 13.3 Å². The van der Waals surface area contributed by atoms with Gasteiger partial charge in [0.25, 0.3) is 0 Å². The minimum absolute atomic E-state index is 0.0894. The number of aromatic nitrogens is 1. The number of rotatable bonds is 7.